The highest BCUT2D eigenvalue weighted by Crippen LogP contribution is 2.26. The van der Waals surface area contributed by atoms with E-state index in [0.717, 1.165) is 19.6 Å². The fraction of sp³-hybridized carbons (Fsp3) is 0.846. The molecule has 1 heterocycles. The zero-order chi connectivity index (χ0) is 11.2. The van der Waals surface area contributed by atoms with E-state index in [4.69, 9.17) is 10.6 Å². The lowest BCUT2D eigenvalue weighted by atomic mass is 9.86. The Hall–Kier alpha value is -0.380. The molecule has 0 spiro atoms. The van der Waals surface area contributed by atoms with Gasteiger partial charge in [-0.2, -0.15) is 0 Å². The summed E-state index contributed by atoms with van der Waals surface area (Å²) in [6.07, 6.45) is 11.2. The molecule has 1 aliphatic heterocycles. The van der Waals surface area contributed by atoms with Crippen molar-refractivity contribution < 1.29 is 4.74 Å². The summed E-state index contributed by atoms with van der Waals surface area (Å²) < 4.78 is 5.54. The SMILES string of the molecule is NNC(CC1=CCCCC1)C1CCCOC1. The second-order valence-electron chi connectivity index (χ2n) is 5.06. The number of rotatable bonds is 4. The molecule has 0 amide bonds. The maximum atomic E-state index is 5.69. The summed E-state index contributed by atoms with van der Waals surface area (Å²) in [5, 5.41) is 0. The van der Waals surface area contributed by atoms with Crippen molar-refractivity contribution in [3.63, 3.8) is 0 Å². The van der Waals surface area contributed by atoms with Crippen LogP contribution in [0.2, 0.25) is 0 Å². The normalized spacial score (nSPS) is 28.6. The third-order valence-electron chi connectivity index (χ3n) is 3.85. The van der Waals surface area contributed by atoms with E-state index in [-0.39, 0.29) is 0 Å². The summed E-state index contributed by atoms with van der Waals surface area (Å²) in [4.78, 5) is 0. The average molecular weight is 224 g/mol. The lowest BCUT2D eigenvalue weighted by molar-refractivity contribution is 0.0391. The number of nitrogens with two attached hydrogens (primary N) is 1. The second-order valence-corrected chi connectivity index (χ2v) is 5.06. The van der Waals surface area contributed by atoms with E-state index in [0.29, 0.717) is 12.0 Å². The van der Waals surface area contributed by atoms with Crippen molar-refractivity contribution >= 4 is 0 Å². The average Bonchev–Trinajstić information content (AvgIpc) is 2.38. The fourth-order valence-electron chi connectivity index (χ4n) is 2.82. The Morgan fingerprint density at radius 1 is 1.44 bits per heavy atom. The molecule has 3 N–H and O–H groups in total. The van der Waals surface area contributed by atoms with Crippen LogP contribution in [0.5, 0.6) is 0 Å². The van der Waals surface area contributed by atoms with Crippen molar-refractivity contribution in [2.75, 3.05) is 13.2 Å². The molecule has 1 saturated heterocycles. The maximum absolute atomic E-state index is 5.69. The number of hydrogen-bond acceptors (Lipinski definition) is 3. The largest absolute Gasteiger partial charge is 0.381 e. The van der Waals surface area contributed by atoms with Crippen LogP contribution < -0.4 is 11.3 Å². The quantitative estimate of drug-likeness (QED) is 0.437. The summed E-state index contributed by atoms with van der Waals surface area (Å²) in [6.45, 7) is 1.80. The maximum Gasteiger partial charge on any atom is 0.0509 e. The van der Waals surface area contributed by atoms with Crippen LogP contribution in [0.25, 0.3) is 0 Å². The summed E-state index contributed by atoms with van der Waals surface area (Å²) in [7, 11) is 0. The highest BCUT2D eigenvalue weighted by atomic mass is 16.5. The van der Waals surface area contributed by atoms with Gasteiger partial charge in [0.15, 0.2) is 0 Å². The van der Waals surface area contributed by atoms with Crippen LogP contribution in [0, 0.1) is 5.92 Å². The van der Waals surface area contributed by atoms with Gasteiger partial charge in [-0.05, 0) is 50.9 Å². The molecule has 16 heavy (non-hydrogen) atoms. The Kier molecular flexibility index (Phi) is 4.82. The van der Waals surface area contributed by atoms with Gasteiger partial charge in [0, 0.05) is 12.6 Å². The van der Waals surface area contributed by atoms with E-state index in [9.17, 15) is 0 Å². The zero-order valence-corrected chi connectivity index (χ0v) is 10.1. The van der Waals surface area contributed by atoms with Gasteiger partial charge in [0.05, 0.1) is 6.61 Å². The van der Waals surface area contributed by atoms with E-state index in [2.05, 4.69) is 11.5 Å². The number of allylic oxidation sites excluding steroid dienone is 1. The van der Waals surface area contributed by atoms with Gasteiger partial charge >= 0.3 is 0 Å². The van der Waals surface area contributed by atoms with Crippen LogP contribution in [0.1, 0.15) is 44.9 Å². The lowest BCUT2D eigenvalue weighted by Gasteiger charge is -2.31. The number of hydrogen-bond donors (Lipinski definition) is 2. The van der Waals surface area contributed by atoms with E-state index >= 15 is 0 Å². The predicted molar refractivity (Wildman–Crippen MR) is 65.8 cm³/mol. The first-order valence-electron chi connectivity index (χ1n) is 6.62. The van der Waals surface area contributed by atoms with Gasteiger partial charge in [-0.1, -0.05) is 11.6 Å². The van der Waals surface area contributed by atoms with Crippen molar-refractivity contribution in [2.24, 2.45) is 11.8 Å². The van der Waals surface area contributed by atoms with E-state index in [1.807, 2.05) is 0 Å². The molecular weight excluding hydrogens is 200 g/mol. The number of hydrazine groups is 1. The van der Waals surface area contributed by atoms with Crippen LogP contribution in [-0.2, 0) is 4.74 Å². The van der Waals surface area contributed by atoms with Crippen LogP contribution in [-0.4, -0.2) is 19.3 Å². The molecule has 0 aromatic heterocycles. The molecule has 2 aliphatic rings. The van der Waals surface area contributed by atoms with Crippen molar-refractivity contribution in [3.8, 4) is 0 Å². The van der Waals surface area contributed by atoms with E-state index in [1.54, 1.807) is 5.57 Å². The monoisotopic (exact) mass is 224 g/mol. The molecule has 2 unspecified atom stereocenters. The molecule has 1 fully saturated rings. The minimum absolute atomic E-state index is 0.407. The van der Waals surface area contributed by atoms with E-state index in [1.165, 1.54) is 38.5 Å². The van der Waals surface area contributed by atoms with Gasteiger partial charge in [0.25, 0.3) is 0 Å². The van der Waals surface area contributed by atoms with Crippen LogP contribution in [0.3, 0.4) is 0 Å². The number of ether oxygens (including phenoxy) is 1. The molecule has 1 aliphatic carbocycles. The van der Waals surface area contributed by atoms with E-state index < -0.39 is 0 Å². The van der Waals surface area contributed by atoms with Crippen molar-refractivity contribution in [2.45, 2.75) is 51.0 Å². The molecule has 0 aromatic carbocycles. The van der Waals surface area contributed by atoms with Crippen LogP contribution in [0.15, 0.2) is 11.6 Å². The van der Waals surface area contributed by atoms with Gasteiger partial charge in [0.1, 0.15) is 0 Å². The fourth-order valence-corrected chi connectivity index (χ4v) is 2.82. The van der Waals surface area contributed by atoms with Gasteiger partial charge in [0.2, 0.25) is 0 Å². The molecule has 92 valence electrons. The van der Waals surface area contributed by atoms with Crippen LogP contribution in [0.4, 0.5) is 0 Å². The standard InChI is InChI=1S/C13H24N2O/c14-15-13(12-7-4-8-16-10-12)9-11-5-2-1-3-6-11/h5,12-13,15H,1-4,6-10,14H2. The third-order valence-corrected chi connectivity index (χ3v) is 3.85. The highest BCUT2D eigenvalue weighted by molar-refractivity contribution is 5.07. The Morgan fingerprint density at radius 3 is 3.00 bits per heavy atom. The summed E-state index contributed by atoms with van der Waals surface area (Å²) >= 11 is 0. The molecule has 0 aromatic rings. The smallest absolute Gasteiger partial charge is 0.0509 e. The summed E-state index contributed by atoms with van der Waals surface area (Å²) in [5.41, 5.74) is 4.60. The minimum Gasteiger partial charge on any atom is -0.381 e. The first-order chi connectivity index (χ1) is 7.90. The summed E-state index contributed by atoms with van der Waals surface area (Å²) in [6, 6.07) is 0.407. The Bertz CT molecular complexity index is 234. The number of nitrogens with one attached hydrogen (secondary N) is 1. The molecule has 3 heteroatoms. The Balaban J connectivity index is 1.86. The molecular formula is C13H24N2O. The molecule has 0 bridgehead atoms. The first kappa shape index (κ1) is 12.1. The topological polar surface area (TPSA) is 47.3 Å². The molecule has 0 saturated carbocycles. The Morgan fingerprint density at radius 2 is 2.38 bits per heavy atom. The first-order valence-corrected chi connectivity index (χ1v) is 6.62. The predicted octanol–water partition coefficient (Wildman–Crippen LogP) is 2.14. The van der Waals surface area contributed by atoms with Gasteiger partial charge in [-0.3, -0.25) is 11.3 Å². The third kappa shape index (κ3) is 3.30. The lowest BCUT2D eigenvalue weighted by Crippen LogP contribution is -2.44. The van der Waals surface area contributed by atoms with Crippen molar-refractivity contribution in [1.82, 2.24) is 5.43 Å². The van der Waals surface area contributed by atoms with Crippen LogP contribution >= 0.6 is 0 Å². The molecule has 0 radical (unpaired) electrons. The van der Waals surface area contributed by atoms with Crippen molar-refractivity contribution in [1.29, 1.82) is 0 Å². The van der Waals surface area contributed by atoms with Crippen molar-refractivity contribution in [3.05, 3.63) is 11.6 Å². The zero-order valence-electron chi connectivity index (χ0n) is 10.1. The second kappa shape index (κ2) is 6.38. The van der Waals surface area contributed by atoms with Gasteiger partial charge in [-0.15, -0.1) is 0 Å². The van der Waals surface area contributed by atoms with Gasteiger partial charge < -0.3 is 4.74 Å². The minimum atomic E-state index is 0.407. The molecule has 2 atom stereocenters. The highest BCUT2D eigenvalue weighted by Gasteiger charge is 2.24. The summed E-state index contributed by atoms with van der Waals surface area (Å²) in [5.74, 6) is 6.29. The molecule has 3 nitrogen and oxygen atoms in total. The Labute approximate surface area is 98.4 Å². The van der Waals surface area contributed by atoms with Gasteiger partial charge in [-0.25, -0.2) is 0 Å². The molecule has 2 rings (SSSR count).